The molecular formula is C26H29ClN4. The van der Waals surface area contributed by atoms with Gasteiger partial charge in [0.25, 0.3) is 0 Å². The first kappa shape index (κ1) is 21.4. The van der Waals surface area contributed by atoms with Crippen molar-refractivity contribution >= 4 is 28.8 Å². The molecule has 0 amide bonds. The van der Waals surface area contributed by atoms with E-state index >= 15 is 0 Å². The second kappa shape index (κ2) is 8.72. The van der Waals surface area contributed by atoms with Crippen LogP contribution in [0, 0.1) is 0 Å². The van der Waals surface area contributed by atoms with Crippen LogP contribution in [0.4, 0.5) is 11.5 Å². The average molecular weight is 433 g/mol. The van der Waals surface area contributed by atoms with E-state index in [1.165, 1.54) is 18.4 Å². The van der Waals surface area contributed by atoms with Crippen LogP contribution in [0.15, 0.2) is 60.8 Å². The molecule has 1 N–H and O–H groups in total. The number of anilines is 2. The Morgan fingerprint density at radius 1 is 1.00 bits per heavy atom. The van der Waals surface area contributed by atoms with E-state index in [1.54, 1.807) is 0 Å². The molecule has 2 heterocycles. The highest BCUT2D eigenvalue weighted by molar-refractivity contribution is 6.33. The number of nitrogens with zero attached hydrogens (tertiary/aromatic N) is 3. The van der Waals surface area contributed by atoms with Crippen LogP contribution >= 0.6 is 11.6 Å². The molecule has 0 saturated heterocycles. The fourth-order valence-electron chi connectivity index (χ4n) is 3.59. The van der Waals surface area contributed by atoms with E-state index in [2.05, 4.69) is 68.4 Å². The molecule has 4 aromatic rings. The summed E-state index contributed by atoms with van der Waals surface area (Å²) in [5, 5.41) is 8.89. The van der Waals surface area contributed by atoms with E-state index < -0.39 is 0 Å². The third kappa shape index (κ3) is 4.59. The Labute approximate surface area is 189 Å². The molecule has 160 valence electrons. The summed E-state index contributed by atoms with van der Waals surface area (Å²) in [4.78, 5) is 4.98. The molecule has 0 saturated carbocycles. The predicted molar refractivity (Wildman–Crippen MR) is 130 cm³/mol. The molecule has 31 heavy (non-hydrogen) atoms. The number of nitrogens with one attached hydrogen (secondary N) is 1. The Morgan fingerprint density at radius 2 is 1.74 bits per heavy atom. The maximum Gasteiger partial charge on any atom is 0.165 e. The van der Waals surface area contributed by atoms with Gasteiger partial charge in [0, 0.05) is 33.3 Å². The van der Waals surface area contributed by atoms with E-state index in [4.69, 9.17) is 16.6 Å². The van der Waals surface area contributed by atoms with Crippen molar-refractivity contribution in [3.8, 4) is 11.1 Å². The number of unbranched alkanes of at least 4 members (excludes halogenated alkanes) is 1. The average Bonchev–Trinajstić information content (AvgIpc) is 3.17. The second-order valence-electron chi connectivity index (χ2n) is 8.98. The van der Waals surface area contributed by atoms with Gasteiger partial charge < -0.3 is 5.32 Å². The number of hydrogen-bond donors (Lipinski definition) is 1. The molecule has 4 rings (SSSR count). The number of aromatic nitrogens is 3. The van der Waals surface area contributed by atoms with Crippen LogP contribution in [0.5, 0.6) is 0 Å². The maximum absolute atomic E-state index is 6.49. The first-order valence-electron chi connectivity index (χ1n) is 10.9. The topological polar surface area (TPSA) is 42.2 Å². The van der Waals surface area contributed by atoms with Crippen molar-refractivity contribution in [2.75, 3.05) is 5.32 Å². The van der Waals surface area contributed by atoms with Gasteiger partial charge in [0.05, 0.1) is 11.9 Å². The Bertz CT molecular complexity index is 1190. The van der Waals surface area contributed by atoms with Crippen LogP contribution in [0.1, 0.15) is 51.8 Å². The lowest BCUT2D eigenvalue weighted by molar-refractivity contribution is 0.569. The van der Waals surface area contributed by atoms with Gasteiger partial charge in [-0.25, -0.2) is 4.98 Å². The zero-order chi connectivity index (χ0) is 22.0. The molecule has 0 aliphatic heterocycles. The fourth-order valence-corrected chi connectivity index (χ4v) is 3.83. The van der Waals surface area contributed by atoms with E-state index in [0.717, 1.165) is 40.4 Å². The zero-order valence-corrected chi connectivity index (χ0v) is 19.4. The summed E-state index contributed by atoms with van der Waals surface area (Å²) in [6.45, 7) is 8.73. The lowest BCUT2D eigenvalue weighted by atomic mass is 9.92. The minimum absolute atomic E-state index is 0.107. The Morgan fingerprint density at radius 3 is 2.42 bits per heavy atom. The molecule has 2 aromatic heterocycles. The molecule has 0 unspecified atom stereocenters. The molecule has 4 nitrogen and oxygen atoms in total. The summed E-state index contributed by atoms with van der Waals surface area (Å²) in [7, 11) is 0. The quantitative estimate of drug-likeness (QED) is 0.344. The van der Waals surface area contributed by atoms with Crippen molar-refractivity contribution in [1.29, 1.82) is 0 Å². The summed E-state index contributed by atoms with van der Waals surface area (Å²) < 4.78 is 1.86. The van der Waals surface area contributed by atoms with Gasteiger partial charge in [0.1, 0.15) is 5.82 Å². The van der Waals surface area contributed by atoms with Crippen molar-refractivity contribution in [2.24, 2.45) is 0 Å². The van der Waals surface area contributed by atoms with Gasteiger partial charge in [-0.1, -0.05) is 76.0 Å². The second-order valence-corrected chi connectivity index (χ2v) is 9.38. The third-order valence-corrected chi connectivity index (χ3v) is 5.78. The number of halogens is 1. The molecule has 0 fully saturated rings. The molecule has 0 bridgehead atoms. The number of fused-ring (bicyclic) bond motifs is 1. The van der Waals surface area contributed by atoms with Gasteiger partial charge >= 0.3 is 0 Å². The highest BCUT2D eigenvalue weighted by Crippen LogP contribution is 2.33. The predicted octanol–water partition coefficient (Wildman–Crippen LogP) is 7.43. The molecule has 0 radical (unpaired) electrons. The number of aryl methyl sites for hydroxylation is 1. The van der Waals surface area contributed by atoms with Crippen molar-refractivity contribution in [1.82, 2.24) is 14.6 Å². The zero-order valence-electron chi connectivity index (χ0n) is 18.6. The van der Waals surface area contributed by atoms with E-state index in [9.17, 15) is 0 Å². The van der Waals surface area contributed by atoms with Crippen molar-refractivity contribution in [2.45, 2.75) is 52.4 Å². The van der Waals surface area contributed by atoms with Crippen molar-refractivity contribution < 1.29 is 0 Å². The first-order chi connectivity index (χ1) is 14.9. The molecule has 0 aliphatic rings. The van der Waals surface area contributed by atoms with Crippen LogP contribution in [-0.2, 0) is 11.8 Å². The molecule has 2 aromatic carbocycles. The highest BCUT2D eigenvalue weighted by atomic mass is 35.5. The van der Waals surface area contributed by atoms with Crippen LogP contribution in [0.2, 0.25) is 5.02 Å². The highest BCUT2D eigenvalue weighted by Gasteiger charge is 2.21. The molecule has 5 heteroatoms. The SMILES string of the molecule is CCCCc1ccc(Nc2cc(C(C)(C)C)nc3c(-c4ccccc4Cl)cnn23)cc1. The summed E-state index contributed by atoms with van der Waals surface area (Å²) in [6, 6.07) is 18.6. The third-order valence-electron chi connectivity index (χ3n) is 5.45. The van der Waals surface area contributed by atoms with Gasteiger partial charge in [-0.2, -0.15) is 9.61 Å². The first-order valence-corrected chi connectivity index (χ1v) is 11.2. The van der Waals surface area contributed by atoms with E-state index in [1.807, 2.05) is 35.0 Å². The fraction of sp³-hybridized carbons (Fsp3) is 0.308. The molecule has 0 aliphatic carbocycles. The van der Waals surface area contributed by atoms with Crippen LogP contribution in [0.3, 0.4) is 0 Å². The summed E-state index contributed by atoms with van der Waals surface area (Å²) >= 11 is 6.49. The normalized spacial score (nSPS) is 11.8. The van der Waals surface area contributed by atoms with Crippen LogP contribution in [-0.4, -0.2) is 14.6 Å². The number of hydrogen-bond acceptors (Lipinski definition) is 3. The number of benzene rings is 2. The van der Waals surface area contributed by atoms with Gasteiger partial charge in [0.2, 0.25) is 0 Å². The Balaban J connectivity index is 1.78. The van der Waals surface area contributed by atoms with Gasteiger partial charge in [0.15, 0.2) is 5.65 Å². The maximum atomic E-state index is 6.49. The van der Waals surface area contributed by atoms with Gasteiger partial charge in [-0.05, 0) is 36.6 Å². The standard InChI is InChI=1S/C26H29ClN4/c1-5-6-9-18-12-14-19(15-13-18)29-24-16-23(26(2,3)4)30-25-21(17-28-31(24)25)20-10-7-8-11-22(20)27/h7-8,10-17,29H,5-6,9H2,1-4H3. The Hall–Kier alpha value is -2.85. The van der Waals surface area contributed by atoms with Crippen LogP contribution < -0.4 is 5.32 Å². The van der Waals surface area contributed by atoms with Crippen molar-refractivity contribution in [3.63, 3.8) is 0 Å². The monoisotopic (exact) mass is 432 g/mol. The van der Waals surface area contributed by atoms with Gasteiger partial charge in [-0.3, -0.25) is 0 Å². The molecule has 0 spiro atoms. The summed E-state index contributed by atoms with van der Waals surface area (Å²) in [6.07, 6.45) is 5.38. The largest absolute Gasteiger partial charge is 0.340 e. The smallest absolute Gasteiger partial charge is 0.165 e. The molecule has 0 atom stereocenters. The van der Waals surface area contributed by atoms with Gasteiger partial charge in [-0.15, -0.1) is 0 Å². The van der Waals surface area contributed by atoms with E-state index in [0.29, 0.717) is 5.02 Å². The summed E-state index contributed by atoms with van der Waals surface area (Å²) in [5.41, 5.74) is 5.94. The lowest BCUT2D eigenvalue weighted by Gasteiger charge is -2.20. The Kier molecular flexibility index (Phi) is 6.01. The summed E-state index contributed by atoms with van der Waals surface area (Å²) in [5.74, 6) is 0.884. The molecular weight excluding hydrogens is 404 g/mol. The van der Waals surface area contributed by atoms with Crippen molar-refractivity contribution in [3.05, 3.63) is 77.1 Å². The minimum Gasteiger partial charge on any atom is -0.340 e. The number of rotatable bonds is 6. The minimum atomic E-state index is -0.107. The van der Waals surface area contributed by atoms with Crippen LogP contribution in [0.25, 0.3) is 16.8 Å². The lowest BCUT2D eigenvalue weighted by Crippen LogP contribution is -2.16. The van der Waals surface area contributed by atoms with E-state index in [-0.39, 0.29) is 5.41 Å².